The number of aromatic nitrogens is 1. The standard InChI is InChI=1S/C25H23BrN4O2/c1-30-14-4-13-27-24(30)18-9-7-17(8-10-18)22(31)15-19-5-2-3-6-21(19)25(32)29-23-12-11-20(26)16-28-23/h2-3,5-12,16H,4,13-15H2,1H3,(H,28,29,32). The highest BCUT2D eigenvalue weighted by Crippen LogP contribution is 2.17. The highest BCUT2D eigenvalue weighted by atomic mass is 79.9. The van der Waals surface area contributed by atoms with E-state index in [1.807, 2.05) is 43.4 Å². The number of rotatable bonds is 6. The number of anilines is 1. The maximum Gasteiger partial charge on any atom is 0.257 e. The quantitative estimate of drug-likeness (QED) is 0.512. The van der Waals surface area contributed by atoms with Gasteiger partial charge >= 0.3 is 0 Å². The van der Waals surface area contributed by atoms with Crippen LogP contribution in [-0.2, 0) is 6.42 Å². The summed E-state index contributed by atoms with van der Waals surface area (Å²) in [5.74, 6) is 1.07. The van der Waals surface area contributed by atoms with Crippen LogP contribution in [-0.4, -0.2) is 47.5 Å². The lowest BCUT2D eigenvalue weighted by molar-refractivity contribution is 0.0992. The molecular weight excluding hydrogens is 468 g/mol. The smallest absolute Gasteiger partial charge is 0.257 e. The first-order valence-electron chi connectivity index (χ1n) is 10.4. The van der Waals surface area contributed by atoms with Gasteiger partial charge in [-0.25, -0.2) is 4.98 Å². The fraction of sp³-hybridized carbons (Fsp3) is 0.200. The number of halogens is 1. The zero-order valence-electron chi connectivity index (χ0n) is 17.7. The number of nitrogens with one attached hydrogen (secondary N) is 1. The van der Waals surface area contributed by atoms with Crippen LogP contribution in [0, 0.1) is 0 Å². The number of pyridine rings is 1. The first-order chi connectivity index (χ1) is 15.5. The third-order valence-electron chi connectivity index (χ3n) is 5.32. The van der Waals surface area contributed by atoms with Crippen LogP contribution in [0.5, 0.6) is 0 Å². The molecule has 1 aromatic heterocycles. The molecule has 0 spiro atoms. The number of carbonyl (C=O) groups excluding carboxylic acids is 2. The summed E-state index contributed by atoms with van der Waals surface area (Å²) in [5, 5.41) is 2.79. The number of benzene rings is 2. The zero-order valence-corrected chi connectivity index (χ0v) is 19.3. The molecule has 1 amide bonds. The van der Waals surface area contributed by atoms with Crippen molar-refractivity contribution in [2.24, 2.45) is 4.99 Å². The second-order valence-electron chi connectivity index (χ2n) is 7.63. The Labute approximate surface area is 195 Å². The third-order valence-corrected chi connectivity index (χ3v) is 5.79. The molecule has 0 aliphatic carbocycles. The van der Waals surface area contributed by atoms with Crippen molar-refractivity contribution in [3.8, 4) is 0 Å². The average molecular weight is 491 g/mol. The molecule has 1 N–H and O–H groups in total. The minimum Gasteiger partial charge on any atom is -0.359 e. The number of amidine groups is 1. The molecule has 7 heteroatoms. The molecule has 0 radical (unpaired) electrons. The van der Waals surface area contributed by atoms with Gasteiger partial charge in [-0.2, -0.15) is 0 Å². The first-order valence-corrected chi connectivity index (χ1v) is 11.2. The second-order valence-corrected chi connectivity index (χ2v) is 8.55. The van der Waals surface area contributed by atoms with Crippen molar-refractivity contribution in [3.63, 3.8) is 0 Å². The molecule has 2 aromatic carbocycles. The van der Waals surface area contributed by atoms with Crippen LogP contribution in [0.25, 0.3) is 0 Å². The van der Waals surface area contributed by atoms with Gasteiger partial charge in [0.05, 0.1) is 0 Å². The minimum absolute atomic E-state index is 0.0440. The van der Waals surface area contributed by atoms with Gasteiger partial charge in [0, 0.05) is 53.9 Å². The van der Waals surface area contributed by atoms with Gasteiger partial charge in [0.25, 0.3) is 5.91 Å². The second kappa shape index (κ2) is 9.87. The summed E-state index contributed by atoms with van der Waals surface area (Å²) in [5.41, 5.74) is 2.75. The van der Waals surface area contributed by atoms with Gasteiger partial charge in [0.15, 0.2) is 5.78 Å². The Balaban J connectivity index is 1.48. The summed E-state index contributed by atoms with van der Waals surface area (Å²) >= 11 is 3.33. The molecule has 0 unspecified atom stereocenters. The fourth-order valence-corrected chi connectivity index (χ4v) is 3.88. The van der Waals surface area contributed by atoms with Crippen LogP contribution in [0.3, 0.4) is 0 Å². The Kier molecular flexibility index (Phi) is 6.75. The summed E-state index contributed by atoms with van der Waals surface area (Å²) < 4.78 is 0.828. The van der Waals surface area contributed by atoms with Crippen molar-refractivity contribution in [2.45, 2.75) is 12.8 Å². The van der Waals surface area contributed by atoms with E-state index < -0.39 is 0 Å². The molecule has 2 heterocycles. The van der Waals surface area contributed by atoms with E-state index in [0.29, 0.717) is 22.5 Å². The van der Waals surface area contributed by atoms with Gasteiger partial charge in [0.2, 0.25) is 0 Å². The van der Waals surface area contributed by atoms with E-state index in [9.17, 15) is 9.59 Å². The van der Waals surface area contributed by atoms with Gasteiger partial charge in [-0.05, 0) is 46.1 Å². The molecule has 4 rings (SSSR count). The maximum atomic E-state index is 12.9. The lowest BCUT2D eigenvalue weighted by atomic mass is 9.97. The van der Waals surface area contributed by atoms with E-state index in [0.717, 1.165) is 35.4 Å². The molecule has 162 valence electrons. The van der Waals surface area contributed by atoms with Crippen LogP contribution in [0.4, 0.5) is 5.82 Å². The van der Waals surface area contributed by atoms with Gasteiger partial charge < -0.3 is 10.2 Å². The molecule has 6 nitrogen and oxygen atoms in total. The van der Waals surface area contributed by atoms with E-state index in [1.54, 1.807) is 30.5 Å². The highest BCUT2D eigenvalue weighted by Gasteiger charge is 2.17. The SMILES string of the molecule is CN1CCCN=C1c1ccc(C(=O)Cc2ccccc2C(=O)Nc2ccc(Br)cn2)cc1. The molecule has 3 aromatic rings. The van der Waals surface area contributed by atoms with Gasteiger partial charge in [-0.15, -0.1) is 0 Å². The van der Waals surface area contributed by atoms with Crippen LogP contribution in [0.1, 0.15) is 38.3 Å². The van der Waals surface area contributed by atoms with Crippen LogP contribution in [0.2, 0.25) is 0 Å². The van der Waals surface area contributed by atoms with E-state index in [4.69, 9.17) is 0 Å². The number of amides is 1. The largest absolute Gasteiger partial charge is 0.359 e. The number of Topliss-reactive ketones (excluding diaryl/α,β-unsaturated/α-hetero) is 1. The number of hydrogen-bond acceptors (Lipinski definition) is 5. The van der Waals surface area contributed by atoms with Crippen molar-refractivity contribution >= 4 is 39.3 Å². The Morgan fingerprint density at radius 2 is 1.84 bits per heavy atom. The number of nitrogens with zero attached hydrogens (tertiary/aromatic N) is 3. The van der Waals surface area contributed by atoms with E-state index in [-0.39, 0.29) is 18.1 Å². The van der Waals surface area contributed by atoms with Gasteiger partial charge in [-0.3, -0.25) is 14.6 Å². The van der Waals surface area contributed by atoms with Crippen molar-refractivity contribution in [1.82, 2.24) is 9.88 Å². The summed E-state index contributed by atoms with van der Waals surface area (Å²) in [7, 11) is 2.03. The fourth-order valence-electron chi connectivity index (χ4n) is 3.64. The monoisotopic (exact) mass is 490 g/mol. The summed E-state index contributed by atoms with van der Waals surface area (Å²) in [6, 6.07) is 18.2. The molecule has 0 saturated heterocycles. The molecule has 32 heavy (non-hydrogen) atoms. The number of aliphatic imine (C=N–C) groups is 1. The van der Waals surface area contributed by atoms with E-state index in [1.165, 1.54) is 0 Å². The molecule has 1 aliphatic heterocycles. The molecule has 0 saturated carbocycles. The van der Waals surface area contributed by atoms with Crippen molar-refractivity contribution < 1.29 is 9.59 Å². The number of carbonyl (C=O) groups is 2. The third kappa shape index (κ3) is 5.11. The zero-order chi connectivity index (χ0) is 22.5. The van der Waals surface area contributed by atoms with Crippen LogP contribution < -0.4 is 5.32 Å². The first kappa shape index (κ1) is 21.9. The molecular formula is C25H23BrN4O2. The highest BCUT2D eigenvalue weighted by molar-refractivity contribution is 9.10. The Bertz CT molecular complexity index is 1160. The normalized spacial score (nSPS) is 13.4. The summed E-state index contributed by atoms with van der Waals surface area (Å²) in [6.45, 7) is 1.81. The predicted molar refractivity (Wildman–Crippen MR) is 129 cm³/mol. The van der Waals surface area contributed by atoms with Gasteiger partial charge in [0.1, 0.15) is 11.7 Å². The predicted octanol–water partition coefficient (Wildman–Crippen LogP) is 4.60. The molecule has 0 atom stereocenters. The number of ketones is 1. The summed E-state index contributed by atoms with van der Waals surface area (Å²) in [6.07, 6.45) is 2.81. The maximum absolute atomic E-state index is 12.9. The minimum atomic E-state index is -0.295. The lowest BCUT2D eigenvalue weighted by Gasteiger charge is -2.25. The molecule has 0 bridgehead atoms. The summed E-state index contributed by atoms with van der Waals surface area (Å²) in [4.78, 5) is 36.7. The lowest BCUT2D eigenvalue weighted by Crippen LogP contribution is -2.32. The Morgan fingerprint density at radius 1 is 1.06 bits per heavy atom. The Morgan fingerprint density at radius 3 is 2.56 bits per heavy atom. The van der Waals surface area contributed by atoms with Crippen molar-refractivity contribution in [2.75, 3.05) is 25.5 Å². The molecule has 1 aliphatic rings. The van der Waals surface area contributed by atoms with E-state index >= 15 is 0 Å². The van der Waals surface area contributed by atoms with Crippen molar-refractivity contribution in [1.29, 1.82) is 0 Å². The van der Waals surface area contributed by atoms with Gasteiger partial charge in [-0.1, -0.05) is 42.5 Å². The topological polar surface area (TPSA) is 74.7 Å². The number of hydrogen-bond donors (Lipinski definition) is 1. The van der Waals surface area contributed by atoms with E-state index in [2.05, 4.69) is 36.1 Å². The van der Waals surface area contributed by atoms with Crippen LogP contribution in [0.15, 0.2) is 76.3 Å². The Hall–Kier alpha value is -3.32. The average Bonchev–Trinajstić information content (AvgIpc) is 2.81. The molecule has 0 fully saturated rings. The van der Waals surface area contributed by atoms with Crippen LogP contribution >= 0.6 is 15.9 Å². The van der Waals surface area contributed by atoms with Crippen molar-refractivity contribution in [3.05, 3.63) is 93.6 Å².